The van der Waals surface area contributed by atoms with Gasteiger partial charge in [0.15, 0.2) is 0 Å². The summed E-state index contributed by atoms with van der Waals surface area (Å²) in [5.74, 6) is -0.992. The van der Waals surface area contributed by atoms with Crippen LogP contribution < -0.4 is 10.6 Å². The van der Waals surface area contributed by atoms with E-state index >= 15 is 0 Å². The zero-order valence-electron chi connectivity index (χ0n) is 9.49. The van der Waals surface area contributed by atoms with Gasteiger partial charge in [0, 0.05) is 11.7 Å². The van der Waals surface area contributed by atoms with E-state index in [-0.39, 0.29) is 17.6 Å². The van der Waals surface area contributed by atoms with Gasteiger partial charge in [-0.05, 0) is 37.5 Å². The summed E-state index contributed by atoms with van der Waals surface area (Å²) in [6.45, 7) is 1.68. The van der Waals surface area contributed by atoms with E-state index in [1.165, 1.54) is 6.07 Å². The Morgan fingerprint density at radius 2 is 2.06 bits per heavy atom. The first-order valence-electron chi connectivity index (χ1n) is 5.48. The Balaban J connectivity index is 2.11. The third-order valence-corrected chi connectivity index (χ3v) is 2.72. The molecule has 0 bridgehead atoms. The maximum Gasteiger partial charge on any atom is 0.336 e. The monoisotopic (exact) mass is 234 g/mol. The van der Waals surface area contributed by atoms with Crippen LogP contribution in [0.1, 0.15) is 28.8 Å². The molecule has 0 unspecified atom stereocenters. The standard InChI is InChI=1S/C12H14N2O3/c1-7-9(11(15)16)3-2-4-10(7)14-12(17)13-8-5-6-8/h2-4,8H,5-6H2,1H3,(H,15,16)(H2,13,14,17). The summed E-state index contributed by atoms with van der Waals surface area (Å²) in [5, 5.41) is 14.4. The molecule has 0 atom stereocenters. The summed E-state index contributed by atoms with van der Waals surface area (Å²) >= 11 is 0. The van der Waals surface area contributed by atoms with E-state index in [9.17, 15) is 9.59 Å². The summed E-state index contributed by atoms with van der Waals surface area (Å²) in [6.07, 6.45) is 2.03. The van der Waals surface area contributed by atoms with Gasteiger partial charge >= 0.3 is 12.0 Å². The number of benzene rings is 1. The van der Waals surface area contributed by atoms with Crippen molar-refractivity contribution in [3.63, 3.8) is 0 Å². The van der Waals surface area contributed by atoms with Gasteiger partial charge in [-0.2, -0.15) is 0 Å². The summed E-state index contributed by atoms with van der Waals surface area (Å²) in [6, 6.07) is 4.81. The molecule has 0 radical (unpaired) electrons. The van der Waals surface area contributed by atoms with Gasteiger partial charge in [0.05, 0.1) is 5.56 Å². The molecule has 1 aromatic rings. The Morgan fingerprint density at radius 3 is 2.65 bits per heavy atom. The second kappa shape index (κ2) is 4.45. The van der Waals surface area contributed by atoms with Crippen LogP contribution in [-0.4, -0.2) is 23.1 Å². The molecule has 2 amide bonds. The van der Waals surface area contributed by atoms with E-state index in [0.29, 0.717) is 11.3 Å². The van der Waals surface area contributed by atoms with Gasteiger partial charge in [0.2, 0.25) is 0 Å². The highest BCUT2D eigenvalue weighted by atomic mass is 16.4. The van der Waals surface area contributed by atoms with Gasteiger partial charge in [0.1, 0.15) is 0 Å². The van der Waals surface area contributed by atoms with E-state index in [0.717, 1.165) is 12.8 Å². The molecule has 0 aliphatic heterocycles. The fraction of sp³-hybridized carbons (Fsp3) is 0.333. The average molecular weight is 234 g/mol. The minimum atomic E-state index is -0.992. The fourth-order valence-electron chi connectivity index (χ4n) is 1.57. The van der Waals surface area contributed by atoms with Gasteiger partial charge < -0.3 is 15.7 Å². The van der Waals surface area contributed by atoms with Crippen molar-refractivity contribution in [2.45, 2.75) is 25.8 Å². The van der Waals surface area contributed by atoms with E-state index in [1.54, 1.807) is 19.1 Å². The van der Waals surface area contributed by atoms with E-state index in [1.807, 2.05) is 0 Å². The lowest BCUT2D eigenvalue weighted by Crippen LogP contribution is -2.30. The highest BCUT2D eigenvalue weighted by Crippen LogP contribution is 2.21. The van der Waals surface area contributed by atoms with Crippen molar-refractivity contribution >= 4 is 17.7 Å². The van der Waals surface area contributed by atoms with Crippen LogP contribution >= 0.6 is 0 Å². The smallest absolute Gasteiger partial charge is 0.336 e. The van der Waals surface area contributed by atoms with Gasteiger partial charge in [-0.25, -0.2) is 9.59 Å². The number of carboxylic acids is 1. The SMILES string of the molecule is Cc1c(NC(=O)NC2CC2)cccc1C(=O)O. The van der Waals surface area contributed by atoms with Crippen LogP contribution in [-0.2, 0) is 0 Å². The first-order chi connectivity index (χ1) is 8.08. The molecule has 3 N–H and O–H groups in total. The number of anilines is 1. The van der Waals surface area contributed by atoms with Gasteiger partial charge in [-0.3, -0.25) is 0 Å². The first-order valence-corrected chi connectivity index (χ1v) is 5.48. The maximum atomic E-state index is 11.5. The molecule has 90 valence electrons. The van der Waals surface area contributed by atoms with Crippen molar-refractivity contribution in [1.82, 2.24) is 5.32 Å². The molecule has 1 fully saturated rings. The molecule has 2 rings (SSSR count). The quantitative estimate of drug-likeness (QED) is 0.748. The van der Waals surface area contributed by atoms with Crippen molar-refractivity contribution in [3.05, 3.63) is 29.3 Å². The molecule has 5 nitrogen and oxygen atoms in total. The molecule has 1 saturated carbocycles. The van der Waals surface area contributed by atoms with E-state index in [2.05, 4.69) is 10.6 Å². The van der Waals surface area contributed by atoms with Gasteiger partial charge in [-0.15, -0.1) is 0 Å². The minimum Gasteiger partial charge on any atom is -0.478 e. The van der Waals surface area contributed by atoms with E-state index in [4.69, 9.17) is 5.11 Å². The third kappa shape index (κ3) is 2.75. The highest BCUT2D eigenvalue weighted by Gasteiger charge is 2.23. The third-order valence-electron chi connectivity index (χ3n) is 2.72. The predicted octanol–water partition coefficient (Wildman–Crippen LogP) is 1.98. The molecule has 0 saturated heterocycles. The maximum absolute atomic E-state index is 11.5. The Morgan fingerprint density at radius 1 is 1.35 bits per heavy atom. The Bertz CT molecular complexity index is 467. The van der Waals surface area contributed by atoms with Crippen LogP contribution in [0.3, 0.4) is 0 Å². The minimum absolute atomic E-state index is 0.203. The fourth-order valence-corrected chi connectivity index (χ4v) is 1.57. The molecule has 0 heterocycles. The summed E-state index contributed by atoms with van der Waals surface area (Å²) in [7, 11) is 0. The second-order valence-corrected chi connectivity index (χ2v) is 4.16. The van der Waals surface area contributed by atoms with Crippen molar-refractivity contribution in [2.75, 3.05) is 5.32 Å². The molecule has 1 aromatic carbocycles. The lowest BCUT2D eigenvalue weighted by atomic mass is 10.1. The molecule has 1 aliphatic carbocycles. The summed E-state index contributed by atoms with van der Waals surface area (Å²) in [4.78, 5) is 22.4. The highest BCUT2D eigenvalue weighted by molar-refractivity contribution is 5.95. The summed E-state index contributed by atoms with van der Waals surface area (Å²) < 4.78 is 0. The Hall–Kier alpha value is -2.04. The molecule has 0 aromatic heterocycles. The van der Waals surface area contributed by atoms with Crippen LogP contribution in [0.5, 0.6) is 0 Å². The normalized spacial score (nSPS) is 14.2. The zero-order chi connectivity index (χ0) is 12.4. The summed E-state index contributed by atoms with van der Waals surface area (Å²) in [5.41, 5.74) is 1.29. The van der Waals surface area contributed by atoms with Crippen LogP contribution in [0, 0.1) is 6.92 Å². The van der Waals surface area contributed by atoms with E-state index < -0.39 is 5.97 Å². The molecular formula is C12H14N2O3. The number of hydrogen-bond acceptors (Lipinski definition) is 2. The van der Waals surface area contributed by atoms with Crippen molar-refractivity contribution in [2.24, 2.45) is 0 Å². The van der Waals surface area contributed by atoms with Crippen LogP contribution in [0.4, 0.5) is 10.5 Å². The first kappa shape index (κ1) is 11.4. The molecule has 1 aliphatic rings. The van der Waals surface area contributed by atoms with Crippen LogP contribution in [0.25, 0.3) is 0 Å². The number of carbonyl (C=O) groups excluding carboxylic acids is 1. The zero-order valence-corrected chi connectivity index (χ0v) is 9.49. The number of rotatable bonds is 3. The number of hydrogen-bond donors (Lipinski definition) is 3. The van der Waals surface area contributed by atoms with Gasteiger partial charge in [0.25, 0.3) is 0 Å². The number of amides is 2. The lowest BCUT2D eigenvalue weighted by Gasteiger charge is -2.10. The van der Waals surface area contributed by atoms with Crippen LogP contribution in [0.15, 0.2) is 18.2 Å². The number of aromatic carboxylic acids is 1. The molecular weight excluding hydrogens is 220 g/mol. The molecule has 17 heavy (non-hydrogen) atoms. The largest absolute Gasteiger partial charge is 0.478 e. The Kier molecular flexibility index (Phi) is 2.99. The number of carboxylic acid groups (broad SMARTS) is 1. The Labute approximate surface area is 98.8 Å². The lowest BCUT2D eigenvalue weighted by molar-refractivity contribution is 0.0696. The number of nitrogens with one attached hydrogen (secondary N) is 2. The topological polar surface area (TPSA) is 78.4 Å². The van der Waals surface area contributed by atoms with Crippen molar-refractivity contribution < 1.29 is 14.7 Å². The second-order valence-electron chi connectivity index (χ2n) is 4.16. The molecule has 0 spiro atoms. The van der Waals surface area contributed by atoms with Crippen molar-refractivity contribution in [1.29, 1.82) is 0 Å². The number of urea groups is 1. The van der Waals surface area contributed by atoms with Gasteiger partial charge in [-0.1, -0.05) is 6.07 Å². The predicted molar refractivity (Wildman–Crippen MR) is 63.3 cm³/mol. The average Bonchev–Trinajstić information content (AvgIpc) is 3.04. The molecule has 5 heteroatoms. The van der Waals surface area contributed by atoms with Crippen LogP contribution in [0.2, 0.25) is 0 Å². The number of carbonyl (C=O) groups is 2. The van der Waals surface area contributed by atoms with Crippen molar-refractivity contribution in [3.8, 4) is 0 Å².